The number of rotatable bonds is 6. The van der Waals surface area contributed by atoms with Crippen LogP contribution in [0.25, 0.3) is 0 Å². The van der Waals surface area contributed by atoms with Crippen LogP contribution in [0.2, 0.25) is 5.02 Å². The van der Waals surface area contributed by atoms with Gasteiger partial charge in [-0.05, 0) is 18.6 Å². The number of hydrogen-bond acceptors (Lipinski definition) is 3. The molecule has 0 saturated carbocycles. The maximum atomic E-state index is 11.4. The summed E-state index contributed by atoms with van der Waals surface area (Å²) in [6.45, 7) is 2.91. The van der Waals surface area contributed by atoms with Crippen molar-refractivity contribution < 1.29 is 9.53 Å². The fourth-order valence-electron chi connectivity index (χ4n) is 1.33. The van der Waals surface area contributed by atoms with Gasteiger partial charge < -0.3 is 15.8 Å². The van der Waals surface area contributed by atoms with E-state index in [1.165, 1.54) is 0 Å². The van der Waals surface area contributed by atoms with Crippen molar-refractivity contribution in [2.75, 3.05) is 13.2 Å². The molecule has 17 heavy (non-hydrogen) atoms. The molecule has 0 fully saturated rings. The molecular formula is C12H17ClN2O2. The van der Waals surface area contributed by atoms with E-state index in [9.17, 15) is 4.79 Å². The molecule has 0 saturated heterocycles. The van der Waals surface area contributed by atoms with Gasteiger partial charge in [0.2, 0.25) is 0 Å². The van der Waals surface area contributed by atoms with E-state index in [1.54, 1.807) is 18.2 Å². The third-order valence-electron chi connectivity index (χ3n) is 2.21. The highest BCUT2D eigenvalue weighted by Crippen LogP contribution is 2.25. The molecule has 1 rings (SSSR count). The van der Waals surface area contributed by atoms with Crippen LogP contribution in [0.1, 0.15) is 18.9 Å². The smallest absolute Gasteiger partial charge is 0.257 e. The van der Waals surface area contributed by atoms with Crippen LogP contribution in [-0.4, -0.2) is 19.1 Å². The summed E-state index contributed by atoms with van der Waals surface area (Å²) in [6.07, 6.45) is 0.900. The SMILES string of the molecule is CCCNC(=O)COc1cccc(Cl)c1CN. The second-order valence-corrected chi connectivity index (χ2v) is 3.97. The standard InChI is InChI=1S/C12H17ClN2O2/c1-2-6-15-12(16)8-17-11-5-3-4-10(13)9(11)7-14/h3-5H,2,6-8,14H2,1H3,(H,15,16). The van der Waals surface area contributed by atoms with Crippen molar-refractivity contribution in [1.82, 2.24) is 5.32 Å². The minimum absolute atomic E-state index is 0.0205. The summed E-state index contributed by atoms with van der Waals surface area (Å²) in [5.74, 6) is 0.418. The van der Waals surface area contributed by atoms with E-state index < -0.39 is 0 Å². The summed E-state index contributed by atoms with van der Waals surface area (Å²) in [5, 5.41) is 3.28. The van der Waals surface area contributed by atoms with Gasteiger partial charge in [-0.3, -0.25) is 4.79 Å². The maximum absolute atomic E-state index is 11.4. The predicted molar refractivity (Wildman–Crippen MR) is 68.1 cm³/mol. The molecule has 0 bridgehead atoms. The Kier molecular flexibility index (Phi) is 5.80. The van der Waals surface area contributed by atoms with Crippen molar-refractivity contribution in [2.24, 2.45) is 5.73 Å². The van der Waals surface area contributed by atoms with Crippen molar-refractivity contribution in [3.63, 3.8) is 0 Å². The van der Waals surface area contributed by atoms with Gasteiger partial charge in [0, 0.05) is 23.7 Å². The Morgan fingerprint density at radius 2 is 2.29 bits per heavy atom. The Morgan fingerprint density at radius 1 is 1.53 bits per heavy atom. The molecule has 0 atom stereocenters. The molecule has 1 aromatic rings. The largest absolute Gasteiger partial charge is 0.483 e. The molecule has 4 nitrogen and oxygen atoms in total. The second kappa shape index (κ2) is 7.14. The molecule has 0 unspecified atom stereocenters. The molecular weight excluding hydrogens is 240 g/mol. The van der Waals surface area contributed by atoms with Gasteiger partial charge >= 0.3 is 0 Å². The number of carbonyl (C=O) groups excluding carboxylic acids is 1. The van der Waals surface area contributed by atoms with Crippen LogP contribution in [-0.2, 0) is 11.3 Å². The van der Waals surface area contributed by atoms with E-state index in [2.05, 4.69) is 5.32 Å². The molecule has 0 spiro atoms. The van der Waals surface area contributed by atoms with Gasteiger partial charge in [-0.25, -0.2) is 0 Å². The Bertz CT molecular complexity index is 383. The lowest BCUT2D eigenvalue weighted by molar-refractivity contribution is -0.123. The zero-order valence-corrected chi connectivity index (χ0v) is 10.6. The number of nitrogens with two attached hydrogens (primary N) is 1. The highest BCUT2D eigenvalue weighted by molar-refractivity contribution is 6.31. The lowest BCUT2D eigenvalue weighted by atomic mass is 10.2. The van der Waals surface area contributed by atoms with Gasteiger partial charge in [-0.15, -0.1) is 0 Å². The van der Waals surface area contributed by atoms with Crippen molar-refractivity contribution in [3.8, 4) is 5.75 Å². The lowest BCUT2D eigenvalue weighted by Gasteiger charge is -2.11. The molecule has 0 aliphatic rings. The van der Waals surface area contributed by atoms with Gasteiger partial charge in [0.05, 0.1) is 0 Å². The number of halogens is 1. The molecule has 0 aliphatic carbocycles. The third-order valence-corrected chi connectivity index (χ3v) is 2.57. The number of hydrogen-bond donors (Lipinski definition) is 2. The first-order valence-corrected chi connectivity index (χ1v) is 5.93. The highest BCUT2D eigenvalue weighted by atomic mass is 35.5. The first kappa shape index (κ1) is 13.8. The predicted octanol–water partition coefficient (Wildman–Crippen LogP) is 1.70. The van der Waals surface area contributed by atoms with Crippen molar-refractivity contribution in [2.45, 2.75) is 19.9 Å². The molecule has 0 aliphatic heterocycles. The summed E-state index contributed by atoms with van der Waals surface area (Å²) in [6, 6.07) is 5.26. The molecule has 1 amide bonds. The van der Waals surface area contributed by atoms with Crippen LogP contribution in [0.3, 0.4) is 0 Å². The highest BCUT2D eigenvalue weighted by Gasteiger charge is 2.08. The van der Waals surface area contributed by atoms with Crippen molar-refractivity contribution >= 4 is 17.5 Å². The first-order valence-electron chi connectivity index (χ1n) is 5.56. The van der Waals surface area contributed by atoms with Gasteiger partial charge in [0.1, 0.15) is 5.75 Å². The van der Waals surface area contributed by atoms with Crippen LogP contribution in [0.15, 0.2) is 18.2 Å². The molecule has 5 heteroatoms. The Labute approximate surface area is 106 Å². The Hall–Kier alpha value is -1.26. The lowest BCUT2D eigenvalue weighted by Crippen LogP contribution is -2.29. The number of carbonyl (C=O) groups is 1. The molecule has 1 aromatic carbocycles. The van der Waals surface area contributed by atoms with Gasteiger partial charge in [0.25, 0.3) is 5.91 Å². The Morgan fingerprint density at radius 3 is 2.94 bits per heavy atom. The maximum Gasteiger partial charge on any atom is 0.257 e. The van der Waals surface area contributed by atoms with Gasteiger partial charge in [0.15, 0.2) is 6.61 Å². The number of nitrogens with one attached hydrogen (secondary N) is 1. The quantitative estimate of drug-likeness (QED) is 0.814. The number of benzene rings is 1. The number of amides is 1. The average Bonchev–Trinajstić information content (AvgIpc) is 2.33. The van der Waals surface area contributed by atoms with Crippen LogP contribution < -0.4 is 15.8 Å². The van der Waals surface area contributed by atoms with Crippen LogP contribution in [0.5, 0.6) is 5.75 Å². The molecule has 0 heterocycles. The summed E-state index contributed by atoms with van der Waals surface area (Å²) in [4.78, 5) is 11.4. The monoisotopic (exact) mass is 256 g/mol. The summed E-state index contributed by atoms with van der Waals surface area (Å²) >= 11 is 5.97. The van der Waals surface area contributed by atoms with Crippen molar-refractivity contribution in [1.29, 1.82) is 0 Å². The molecule has 0 aromatic heterocycles. The molecule has 94 valence electrons. The zero-order chi connectivity index (χ0) is 12.7. The minimum Gasteiger partial charge on any atom is -0.483 e. The molecule has 3 N–H and O–H groups in total. The van der Waals surface area contributed by atoms with E-state index in [4.69, 9.17) is 22.1 Å². The van der Waals surface area contributed by atoms with Crippen LogP contribution >= 0.6 is 11.6 Å². The van der Waals surface area contributed by atoms with Gasteiger partial charge in [-0.2, -0.15) is 0 Å². The normalized spacial score (nSPS) is 10.1. The van der Waals surface area contributed by atoms with E-state index in [-0.39, 0.29) is 19.1 Å². The van der Waals surface area contributed by atoms with Crippen LogP contribution in [0.4, 0.5) is 0 Å². The number of ether oxygens (including phenoxy) is 1. The van der Waals surface area contributed by atoms with E-state index in [0.29, 0.717) is 17.3 Å². The first-order chi connectivity index (χ1) is 8.19. The summed E-state index contributed by atoms with van der Waals surface area (Å²) in [5.41, 5.74) is 6.29. The summed E-state index contributed by atoms with van der Waals surface area (Å²) < 4.78 is 5.39. The fourth-order valence-corrected chi connectivity index (χ4v) is 1.57. The van der Waals surface area contributed by atoms with E-state index in [0.717, 1.165) is 12.0 Å². The molecule has 0 radical (unpaired) electrons. The topological polar surface area (TPSA) is 64.3 Å². The Balaban J connectivity index is 2.57. The third kappa shape index (κ3) is 4.24. The van der Waals surface area contributed by atoms with Crippen molar-refractivity contribution in [3.05, 3.63) is 28.8 Å². The fraction of sp³-hybridized carbons (Fsp3) is 0.417. The second-order valence-electron chi connectivity index (χ2n) is 3.56. The zero-order valence-electron chi connectivity index (χ0n) is 9.83. The summed E-state index contributed by atoms with van der Waals surface area (Å²) in [7, 11) is 0. The van der Waals surface area contributed by atoms with E-state index in [1.807, 2.05) is 6.92 Å². The van der Waals surface area contributed by atoms with Crippen LogP contribution in [0, 0.1) is 0 Å². The van der Waals surface area contributed by atoms with Gasteiger partial charge in [-0.1, -0.05) is 24.6 Å². The average molecular weight is 257 g/mol. The minimum atomic E-state index is -0.144. The van der Waals surface area contributed by atoms with E-state index >= 15 is 0 Å².